The molecule has 1 aromatic heterocycles. The number of aromatic amines is 1. The summed E-state index contributed by atoms with van der Waals surface area (Å²) < 4.78 is 12.7. The van der Waals surface area contributed by atoms with Crippen molar-refractivity contribution in [1.29, 1.82) is 0 Å². The van der Waals surface area contributed by atoms with Crippen molar-refractivity contribution in [1.82, 2.24) is 9.55 Å². The van der Waals surface area contributed by atoms with Gasteiger partial charge in [-0.1, -0.05) is 0 Å². The van der Waals surface area contributed by atoms with Crippen LogP contribution in [0.3, 0.4) is 0 Å². The topological polar surface area (TPSA) is 79.8 Å². The number of nitrogens with zero attached hydrogens (tertiary/aromatic N) is 3. The number of rotatable bonds is 4. The lowest BCUT2D eigenvalue weighted by molar-refractivity contribution is -0.160. The number of ether oxygens (including phenoxy) is 2. The lowest BCUT2D eigenvalue weighted by Crippen LogP contribution is -2.35. The molecule has 0 aromatic carbocycles. The van der Waals surface area contributed by atoms with Crippen LogP contribution in [-0.2, 0) is 16.5 Å². The third-order valence-electron chi connectivity index (χ3n) is 4.13. The zero-order chi connectivity index (χ0) is 15.7. The van der Waals surface area contributed by atoms with Crippen LogP contribution in [-0.4, -0.2) is 49.3 Å². The van der Waals surface area contributed by atoms with Gasteiger partial charge in [0.15, 0.2) is 6.29 Å². The van der Waals surface area contributed by atoms with Crippen molar-refractivity contribution in [2.75, 3.05) is 43.3 Å². The van der Waals surface area contributed by atoms with E-state index in [0.717, 1.165) is 25.9 Å². The minimum atomic E-state index is -0.399. The molecule has 1 fully saturated rings. The van der Waals surface area contributed by atoms with Gasteiger partial charge in [0.1, 0.15) is 11.5 Å². The molecule has 8 heteroatoms. The van der Waals surface area contributed by atoms with E-state index in [-0.39, 0.29) is 11.8 Å². The van der Waals surface area contributed by atoms with Gasteiger partial charge < -0.3 is 19.3 Å². The maximum absolute atomic E-state index is 12.1. The normalized spacial score (nSPS) is 21.3. The van der Waals surface area contributed by atoms with Crippen LogP contribution in [0.1, 0.15) is 19.3 Å². The lowest BCUT2D eigenvalue weighted by Gasteiger charge is -2.24. The van der Waals surface area contributed by atoms with E-state index in [2.05, 4.69) is 4.98 Å². The second-order valence-corrected chi connectivity index (χ2v) is 5.76. The highest BCUT2D eigenvalue weighted by atomic mass is 16.7. The Labute approximate surface area is 128 Å². The van der Waals surface area contributed by atoms with E-state index in [9.17, 15) is 9.59 Å². The van der Waals surface area contributed by atoms with Gasteiger partial charge in [-0.2, -0.15) is 0 Å². The monoisotopic (exact) mass is 310 g/mol. The summed E-state index contributed by atoms with van der Waals surface area (Å²) in [5, 5.41) is 0. The molecule has 0 spiro atoms. The fourth-order valence-corrected chi connectivity index (χ4v) is 3.03. The zero-order valence-corrected chi connectivity index (χ0v) is 13.0. The van der Waals surface area contributed by atoms with Gasteiger partial charge >= 0.3 is 5.69 Å². The first kappa shape index (κ1) is 15.1. The Hall–Kier alpha value is -1.80. The molecule has 0 bridgehead atoms. The molecule has 1 saturated heterocycles. The number of aromatic nitrogens is 2. The largest absolute Gasteiger partial charge is 0.353 e. The Morgan fingerprint density at radius 2 is 2.14 bits per heavy atom. The Bertz CT molecular complexity index is 647. The van der Waals surface area contributed by atoms with E-state index in [1.165, 1.54) is 4.57 Å². The molecule has 0 aliphatic carbocycles. The van der Waals surface area contributed by atoms with Crippen molar-refractivity contribution in [3.63, 3.8) is 0 Å². The van der Waals surface area contributed by atoms with Crippen LogP contribution < -0.4 is 21.0 Å². The molecule has 1 atom stereocenters. The van der Waals surface area contributed by atoms with Crippen molar-refractivity contribution >= 4 is 11.5 Å². The zero-order valence-electron chi connectivity index (χ0n) is 13.0. The highest BCUT2D eigenvalue weighted by Crippen LogP contribution is 2.29. The molecule has 1 N–H and O–H groups in total. The molecule has 1 unspecified atom stereocenters. The fraction of sp³-hybridized carbons (Fsp3) is 0.714. The van der Waals surface area contributed by atoms with Crippen LogP contribution in [0.15, 0.2) is 9.59 Å². The number of hydrogen-bond donors (Lipinski definition) is 1. The fourth-order valence-electron chi connectivity index (χ4n) is 3.03. The smallest absolute Gasteiger partial charge is 0.329 e. The molecular formula is C14H22N4O4. The van der Waals surface area contributed by atoms with Crippen molar-refractivity contribution in [2.45, 2.75) is 25.6 Å². The standard InChI is InChI=1S/C14H22N4O4/c1-16-9-18(6-8-22-10-5-3-4-7-21-10)11-12(19)15-14(20)17(2)13(11)16/h10H,3-9H2,1-2H3,(H,15,19,20). The minimum Gasteiger partial charge on any atom is -0.353 e. The third kappa shape index (κ3) is 2.76. The summed E-state index contributed by atoms with van der Waals surface area (Å²) in [7, 11) is 3.52. The van der Waals surface area contributed by atoms with Crippen LogP contribution in [0.25, 0.3) is 0 Å². The highest BCUT2D eigenvalue weighted by molar-refractivity contribution is 5.71. The first-order valence-electron chi connectivity index (χ1n) is 7.60. The quantitative estimate of drug-likeness (QED) is 0.832. The molecule has 2 aliphatic rings. The van der Waals surface area contributed by atoms with Crippen molar-refractivity contribution in [3.8, 4) is 0 Å². The summed E-state index contributed by atoms with van der Waals surface area (Å²) >= 11 is 0. The molecule has 3 rings (SSSR count). The minimum absolute atomic E-state index is 0.132. The van der Waals surface area contributed by atoms with Crippen LogP contribution >= 0.6 is 0 Å². The molecule has 0 amide bonds. The van der Waals surface area contributed by atoms with Gasteiger partial charge in [-0.25, -0.2) is 4.79 Å². The van der Waals surface area contributed by atoms with E-state index in [0.29, 0.717) is 31.3 Å². The molecule has 0 saturated carbocycles. The Kier molecular flexibility index (Phi) is 4.21. The van der Waals surface area contributed by atoms with Gasteiger partial charge in [-0.15, -0.1) is 0 Å². The van der Waals surface area contributed by atoms with Crippen molar-refractivity contribution in [2.24, 2.45) is 7.05 Å². The van der Waals surface area contributed by atoms with E-state index < -0.39 is 5.69 Å². The van der Waals surface area contributed by atoms with Crippen LogP contribution in [0, 0.1) is 0 Å². The van der Waals surface area contributed by atoms with Crippen LogP contribution in [0.5, 0.6) is 0 Å². The van der Waals surface area contributed by atoms with Gasteiger partial charge in [0.05, 0.1) is 13.3 Å². The number of fused-ring (bicyclic) bond motifs is 1. The first-order valence-corrected chi connectivity index (χ1v) is 7.60. The van der Waals surface area contributed by atoms with E-state index in [1.54, 1.807) is 7.05 Å². The molecule has 8 nitrogen and oxygen atoms in total. The molecule has 1 aromatic rings. The van der Waals surface area contributed by atoms with Gasteiger partial charge in [-0.05, 0) is 19.3 Å². The van der Waals surface area contributed by atoms with E-state index in [4.69, 9.17) is 9.47 Å². The summed E-state index contributed by atoms with van der Waals surface area (Å²) in [5.74, 6) is 0.641. The predicted octanol–water partition coefficient (Wildman–Crippen LogP) is -0.169. The molecule has 3 heterocycles. The second kappa shape index (κ2) is 6.13. The molecule has 2 aliphatic heterocycles. The average Bonchev–Trinajstić information content (AvgIpc) is 2.83. The van der Waals surface area contributed by atoms with Gasteiger partial charge in [0.25, 0.3) is 5.56 Å². The summed E-state index contributed by atoms with van der Waals surface area (Å²) in [6.07, 6.45) is 3.01. The third-order valence-corrected chi connectivity index (χ3v) is 4.13. The van der Waals surface area contributed by atoms with Crippen molar-refractivity contribution < 1.29 is 9.47 Å². The van der Waals surface area contributed by atoms with Gasteiger partial charge in [0.2, 0.25) is 0 Å². The summed E-state index contributed by atoms with van der Waals surface area (Å²) in [6, 6.07) is 0. The first-order chi connectivity index (χ1) is 10.6. The Balaban J connectivity index is 1.69. The maximum Gasteiger partial charge on any atom is 0.329 e. The Morgan fingerprint density at radius 3 is 2.86 bits per heavy atom. The second-order valence-electron chi connectivity index (χ2n) is 5.76. The van der Waals surface area contributed by atoms with E-state index in [1.807, 2.05) is 16.8 Å². The van der Waals surface area contributed by atoms with E-state index >= 15 is 0 Å². The number of H-pyrrole nitrogens is 1. The predicted molar refractivity (Wildman–Crippen MR) is 82.5 cm³/mol. The molecular weight excluding hydrogens is 288 g/mol. The van der Waals surface area contributed by atoms with Crippen LogP contribution in [0.4, 0.5) is 11.5 Å². The maximum atomic E-state index is 12.1. The summed E-state index contributed by atoms with van der Waals surface area (Å²) in [4.78, 5) is 30.0. The summed E-state index contributed by atoms with van der Waals surface area (Å²) in [6.45, 7) is 2.38. The lowest BCUT2D eigenvalue weighted by atomic mass is 10.2. The van der Waals surface area contributed by atoms with Crippen LogP contribution in [0.2, 0.25) is 0 Å². The van der Waals surface area contributed by atoms with Crippen molar-refractivity contribution in [3.05, 3.63) is 20.8 Å². The SMILES string of the molecule is CN1CN(CCOC2CCCCO2)c2c1n(C)c(=O)[nH]c2=O. The molecule has 0 radical (unpaired) electrons. The highest BCUT2D eigenvalue weighted by Gasteiger charge is 2.29. The summed E-state index contributed by atoms with van der Waals surface area (Å²) in [5.41, 5.74) is -0.224. The number of anilines is 2. The average molecular weight is 310 g/mol. The van der Waals surface area contributed by atoms with Gasteiger partial charge in [-0.3, -0.25) is 14.3 Å². The van der Waals surface area contributed by atoms with Gasteiger partial charge in [0, 0.05) is 27.2 Å². The Morgan fingerprint density at radius 1 is 1.32 bits per heavy atom. The molecule has 22 heavy (non-hydrogen) atoms. The number of hydrogen-bond acceptors (Lipinski definition) is 6. The molecule has 122 valence electrons. The number of nitrogens with one attached hydrogen (secondary N) is 1.